The van der Waals surface area contributed by atoms with E-state index in [0.29, 0.717) is 5.75 Å². The molecule has 2 aromatic rings. The molecule has 1 unspecified atom stereocenters. The van der Waals surface area contributed by atoms with E-state index in [1.54, 1.807) is 7.11 Å². The van der Waals surface area contributed by atoms with Gasteiger partial charge < -0.3 is 15.2 Å². The van der Waals surface area contributed by atoms with Crippen LogP contribution in [0.4, 0.5) is 0 Å². The molecular formula is C17H21NO2. The number of aryl methyl sites for hydroxylation is 1. The zero-order valence-corrected chi connectivity index (χ0v) is 12.2. The van der Waals surface area contributed by atoms with Gasteiger partial charge in [-0.1, -0.05) is 29.8 Å². The van der Waals surface area contributed by atoms with Crippen molar-refractivity contribution in [3.63, 3.8) is 0 Å². The van der Waals surface area contributed by atoms with Gasteiger partial charge in [-0.05, 0) is 44.0 Å². The van der Waals surface area contributed by atoms with Gasteiger partial charge in [-0.2, -0.15) is 0 Å². The predicted octanol–water partition coefficient (Wildman–Crippen LogP) is 3.69. The molecule has 0 aliphatic carbocycles. The Hall–Kier alpha value is -2.00. The number of benzene rings is 2. The molecule has 3 heteroatoms. The fourth-order valence-electron chi connectivity index (χ4n) is 2.14. The lowest BCUT2D eigenvalue weighted by atomic mass is 10.0. The molecular weight excluding hydrogens is 250 g/mol. The predicted molar refractivity (Wildman–Crippen MR) is 81.6 cm³/mol. The third-order valence-electron chi connectivity index (χ3n) is 3.05. The molecule has 0 spiro atoms. The van der Waals surface area contributed by atoms with E-state index in [-0.39, 0.29) is 6.04 Å². The van der Waals surface area contributed by atoms with Crippen LogP contribution in [0.5, 0.6) is 17.2 Å². The van der Waals surface area contributed by atoms with Gasteiger partial charge in [0.25, 0.3) is 0 Å². The van der Waals surface area contributed by atoms with Crippen molar-refractivity contribution in [2.24, 2.45) is 5.73 Å². The van der Waals surface area contributed by atoms with Crippen molar-refractivity contribution in [3.05, 3.63) is 53.6 Å². The Morgan fingerprint density at radius 2 is 1.75 bits per heavy atom. The molecule has 1 atom stereocenters. The molecule has 0 saturated heterocycles. The molecule has 20 heavy (non-hydrogen) atoms. The highest BCUT2D eigenvalue weighted by molar-refractivity contribution is 5.45. The highest BCUT2D eigenvalue weighted by atomic mass is 16.5. The molecule has 0 bridgehead atoms. The Morgan fingerprint density at radius 3 is 2.40 bits per heavy atom. The first kappa shape index (κ1) is 14.4. The Kier molecular flexibility index (Phi) is 4.64. The Morgan fingerprint density at radius 1 is 1.05 bits per heavy atom. The lowest BCUT2D eigenvalue weighted by molar-refractivity contribution is 0.377. The van der Waals surface area contributed by atoms with Gasteiger partial charge in [0.2, 0.25) is 0 Å². The average molecular weight is 271 g/mol. The minimum Gasteiger partial charge on any atom is -0.493 e. The zero-order chi connectivity index (χ0) is 14.5. The van der Waals surface area contributed by atoms with Gasteiger partial charge in [-0.3, -0.25) is 0 Å². The van der Waals surface area contributed by atoms with Gasteiger partial charge in [-0.25, -0.2) is 0 Å². The molecule has 3 nitrogen and oxygen atoms in total. The summed E-state index contributed by atoms with van der Waals surface area (Å²) < 4.78 is 11.3. The van der Waals surface area contributed by atoms with Crippen molar-refractivity contribution in [2.75, 3.05) is 7.11 Å². The molecule has 0 radical (unpaired) electrons. The first-order chi connectivity index (χ1) is 9.60. The Balaban J connectivity index is 2.33. The van der Waals surface area contributed by atoms with E-state index in [9.17, 15) is 0 Å². The summed E-state index contributed by atoms with van der Waals surface area (Å²) in [5.41, 5.74) is 8.23. The summed E-state index contributed by atoms with van der Waals surface area (Å²) in [4.78, 5) is 0. The van der Waals surface area contributed by atoms with Gasteiger partial charge in [0.1, 0.15) is 5.75 Å². The minimum absolute atomic E-state index is 0.0943. The molecule has 2 aromatic carbocycles. The molecule has 0 saturated carbocycles. The third kappa shape index (κ3) is 3.52. The topological polar surface area (TPSA) is 44.5 Å². The maximum absolute atomic E-state index is 6.01. The van der Waals surface area contributed by atoms with Crippen LogP contribution in [0.1, 0.15) is 18.1 Å². The van der Waals surface area contributed by atoms with E-state index >= 15 is 0 Å². The van der Waals surface area contributed by atoms with Gasteiger partial charge in [0.05, 0.1) is 7.11 Å². The second kappa shape index (κ2) is 6.44. The van der Waals surface area contributed by atoms with Crippen molar-refractivity contribution in [2.45, 2.75) is 26.3 Å². The maximum atomic E-state index is 6.01. The van der Waals surface area contributed by atoms with E-state index in [0.717, 1.165) is 23.5 Å². The normalized spacial score (nSPS) is 12.0. The van der Waals surface area contributed by atoms with Crippen LogP contribution in [0, 0.1) is 6.92 Å². The van der Waals surface area contributed by atoms with E-state index in [2.05, 4.69) is 13.0 Å². The number of nitrogens with two attached hydrogens (primary N) is 1. The molecule has 2 N–H and O–H groups in total. The van der Waals surface area contributed by atoms with Gasteiger partial charge in [0, 0.05) is 6.04 Å². The van der Waals surface area contributed by atoms with E-state index < -0.39 is 0 Å². The molecule has 2 rings (SSSR count). The molecule has 0 aliphatic rings. The average Bonchev–Trinajstić information content (AvgIpc) is 2.42. The van der Waals surface area contributed by atoms with Crippen LogP contribution < -0.4 is 15.2 Å². The minimum atomic E-state index is 0.0943. The molecule has 0 aromatic heterocycles. The SMILES string of the molecule is COc1ccccc1Oc1ccc(C)cc1CC(C)N. The number of hydrogen-bond acceptors (Lipinski definition) is 3. The van der Waals surface area contributed by atoms with Crippen molar-refractivity contribution >= 4 is 0 Å². The summed E-state index contributed by atoms with van der Waals surface area (Å²) in [6.45, 7) is 4.06. The van der Waals surface area contributed by atoms with Gasteiger partial charge in [-0.15, -0.1) is 0 Å². The first-order valence-electron chi connectivity index (χ1n) is 6.76. The summed E-state index contributed by atoms with van der Waals surface area (Å²) in [6.07, 6.45) is 0.784. The highest BCUT2D eigenvalue weighted by Gasteiger charge is 2.10. The molecule has 0 fully saturated rings. The lowest BCUT2D eigenvalue weighted by Crippen LogP contribution is -2.18. The smallest absolute Gasteiger partial charge is 0.169 e. The standard InChI is InChI=1S/C17H21NO2/c1-12-8-9-15(14(10-12)11-13(2)18)20-17-7-5-4-6-16(17)19-3/h4-10,13H,11,18H2,1-3H3. The molecule has 0 aliphatic heterocycles. The van der Waals surface area contributed by atoms with E-state index in [1.807, 2.05) is 43.3 Å². The fourth-order valence-corrected chi connectivity index (χ4v) is 2.14. The molecule has 0 heterocycles. The number of hydrogen-bond donors (Lipinski definition) is 1. The maximum Gasteiger partial charge on any atom is 0.169 e. The van der Waals surface area contributed by atoms with Crippen LogP contribution in [-0.4, -0.2) is 13.2 Å². The van der Waals surface area contributed by atoms with Crippen LogP contribution in [0.25, 0.3) is 0 Å². The van der Waals surface area contributed by atoms with Crippen molar-refractivity contribution in [3.8, 4) is 17.2 Å². The van der Waals surface area contributed by atoms with Crippen LogP contribution in [-0.2, 0) is 6.42 Å². The van der Waals surface area contributed by atoms with Crippen LogP contribution in [0.3, 0.4) is 0 Å². The molecule has 0 amide bonds. The van der Waals surface area contributed by atoms with Crippen LogP contribution in [0.2, 0.25) is 0 Å². The monoisotopic (exact) mass is 271 g/mol. The van der Waals surface area contributed by atoms with E-state index in [1.165, 1.54) is 5.56 Å². The quantitative estimate of drug-likeness (QED) is 0.902. The largest absolute Gasteiger partial charge is 0.493 e. The van der Waals surface area contributed by atoms with Crippen molar-refractivity contribution in [1.29, 1.82) is 0 Å². The van der Waals surface area contributed by atoms with Crippen molar-refractivity contribution < 1.29 is 9.47 Å². The van der Waals surface area contributed by atoms with Crippen LogP contribution in [0.15, 0.2) is 42.5 Å². The summed E-state index contributed by atoms with van der Waals surface area (Å²) in [7, 11) is 1.64. The number of methoxy groups -OCH3 is 1. The first-order valence-corrected chi connectivity index (χ1v) is 6.76. The second-order valence-corrected chi connectivity index (χ2v) is 5.05. The number of rotatable bonds is 5. The summed E-state index contributed by atoms with van der Waals surface area (Å²) in [5.74, 6) is 2.27. The lowest BCUT2D eigenvalue weighted by Gasteiger charge is -2.15. The Labute approximate surface area is 120 Å². The summed E-state index contributed by atoms with van der Waals surface area (Å²) in [6, 6.07) is 13.9. The van der Waals surface area contributed by atoms with Gasteiger partial charge in [0.15, 0.2) is 11.5 Å². The van der Waals surface area contributed by atoms with E-state index in [4.69, 9.17) is 15.2 Å². The summed E-state index contributed by atoms with van der Waals surface area (Å²) >= 11 is 0. The molecule has 106 valence electrons. The third-order valence-corrected chi connectivity index (χ3v) is 3.05. The fraction of sp³-hybridized carbons (Fsp3) is 0.294. The Bertz CT molecular complexity index is 579. The van der Waals surface area contributed by atoms with Gasteiger partial charge >= 0.3 is 0 Å². The van der Waals surface area contributed by atoms with Crippen LogP contribution >= 0.6 is 0 Å². The second-order valence-electron chi connectivity index (χ2n) is 5.05. The highest BCUT2D eigenvalue weighted by Crippen LogP contribution is 2.33. The van der Waals surface area contributed by atoms with Crippen molar-refractivity contribution in [1.82, 2.24) is 0 Å². The number of ether oxygens (including phenoxy) is 2. The summed E-state index contributed by atoms with van der Waals surface area (Å²) in [5, 5.41) is 0. The zero-order valence-electron chi connectivity index (χ0n) is 12.2. The number of para-hydroxylation sites is 2.